The molecular formula is C18H22N4O2. The minimum atomic E-state index is -0.212. The molecule has 1 aromatic heterocycles. The van der Waals surface area contributed by atoms with Crippen molar-refractivity contribution in [3.05, 3.63) is 57.8 Å². The fraction of sp³-hybridized carbons (Fsp3) is 0.389. The van der Waals surface area contributed by atoms with Gasteiger partial charge >= 0.3 is 0 Å². The molecule has 1 aliphatic heterocycles. The van der Waals surface area contributed by atoms with Crippen LogP contribution in [0, 0.1) is 13.8 Å². The highest BCUT2D eigenvalue weighted by molar-refractivity contribution is 5.79. The van der Waals surface area contributed by atoms with Crippen molar-refractivity contribution in [2.75, 3.05) is 31.1 Å². The monoisotopic (exact) mass is 326 g/mol. The van der Waals surface area contributed by atoms with Gasteiger partial charge in [0, 0.05) is 43.1 Å². The van der Waals surface area contributed by atoms with Gasteiger partial charge in [-0.2, -0.15) is 0 Å². The summed E-state index contributed by atoms with van der Waals surface area (Å²) >= 11 is 0. The minimum absolute atomic E-state index is 0.0121. The highest BCUT2D eigenvalue weighted by atomic mass is 16.2. The first-order valence-corrected chi connectivity index (χ1v) is 8.19. The number of carbonyl (C=O) groups is 1. The third-order valence-corrected chi connectivity index (χ3v) is 4.42. The van der Waals surface area contributed by atoms with Crippen LogP contribution in [0.5, 0.6) is 0 Å². The lowest BCUT2D eigenvalue weighted by atomic mass is 10.1. The number of aromatic nitrogens is 2. The highest BCUT2D eigenvalue weighted by Gasteiger charge is 2.22. The van der Waals surface area contributed by atoms with E-state index in [0.29, 0.717) is 30.2 Å². The maximum atomic E-state index is 12.5. The molecule has 0 unspecified atom stereocenters. The number of hydrogen-bond donors (Lipinski definition) is 1. The lowest BCUT2D eigenvalue weighted by Gasteiger charge is -2.36. The topological polar surface area (TPSA) is 69.3 Å². The van der Waals surface area contributed by atoms with E-state index in [2.05, 4.69) is 27.0 Å². The van der Waals surface area contributed by atoms with E-state index in [4.69, 9.17) is 0 Å². The molecule has 6 nitrogen and oxygen atoms in total. The van der Waals surface area contributed by atoms with Crippen molar-refractivity contribution in [2.24, 2.45) is 0 Å². The Morgan fingerprint density at radius 3 is 2.42 bits per heavy atom. The van der Waals surface area contributed by atoms with Crippen LogP contribution in [0.4, 0.5) is 5.69 Å². The standard InChI is InChI=1S/C18H22N4O2/c1-13-16(18(24)20-14(2)19-13)12-17(23)22-10-8-21(9-11-22)15-6-4-3-5-7-15/h3-7H,8-12H2,1-2H3,(H,19,20,24). The summed E-state index contributed by atoms with van der Waals surface area (Å²) in [6.45, 7) is 6.46. The third kappa shape index (κ3) is 3.48. The minimum Gasteiger partial charge on any atom is -0.368 e. The molecule has 3 rings (SSSR count). The lowest BCUT2D eigenvalue weighted by Crippen LogP contribution is -2.49. The van der Waals surface area contributed by atoms with E-state index in [9.17, 15) is 9.59 Å². The van der Waals surface area contributed by atoms with Crippen molar-refractivity contribution in [1.82, 2.24) is 14.9 Å². The molecule has 1 N–H and O–H groups in total. The average molecular weight is 326 g/mol. The fourth-order valence-corrected chi connectivity index (χ4v) is 3.08. The number of aromatic amines is 1. The molecule has 6 heteroatoms. The van der Waals surface area contributed by atoms with Crippen LogP contribution < -0.4 is 10.5 Å². The summed E-state index contributed by atoms with van der Waals surface area (Å²) in [5.41, 5.74) is 2.07. The van der Waals surface area contributed by atoms with Crippen LogP contribution in [0.1, 0.15) is 17.1 Å². The summed E-state index contributed by atoms with van der Waals surface area (Å²) in [6.07, 6.45) is 0.111. The molecule has 1 saturated heterocycles. The molecule has 0 aliphatic carbocycles. The van der Waals surface area contributed by atoms with E-state index < -0.39 is 0 Å². The summed E-state index contributed by atoms with van der Waals surface area (Å²) in [5, 5.41) is 0. The SMILES string of the molecule is Cc1nc(C)c(CC(=O)N2CCN(c3ccccc3)CC2)c(=O)[nH]1. The Balaban J connectivity index is 1.63. The Hall–Kier alpha value is -2.63. The van der Waals surface area contributed by atoms with Crippen molar-refractivity contribution in [2.45, 2.75) is 20.3 Å². The van der Waals surface area contributed by atoms with Gasteiger partial charge in [-0.1, -0.05) is 18.2 Å². The number of anilines is 1. The number of para-hydroxylation sites is 1. The van der Waals surface area contributed by atoms with Crippen LogP contribution >= 0.6 is 0 Å². The molecule has 0 saturated carbocycles. The number of nitrogens with zero attached hydrogens (tertiary/aromatic N) is 3. The number of H-pyrrole nitrogens is 1. The number of piperazine rings is 1. The second kappa shape index (κ2) is 6.86. The number of aryl methyl sites for hydroxylation is 2. The summed E-state index contributed by atoms with van der Waals surface area (Å²) in [7, 11) is 0. The normalized spacial score (nSPS) is 14.8. The van der Waals surface area contributed by atoms with Gasteiger partial charge in [0.05, 0.1) is 6.42 Å². The maximum Gasteiger partial charge on any atom is 0.254 e. The zero-order valence-electron chi connectivity index (χ0n) is 14.1. The zero-order chi connectivity index (χ0) is 17.1. The molecule has 126 valence electrons. The van der Waals surface area contributed by atoms with Crippen LogP contribution in [-0.2, 0) is 11.2 Å². The van der Waals surface area contributed by atoms with E-state index in [0.717, 1.165) is 13.1 Å². The number of benzene rings is 1. The second-order valence-electron chi connectivity index (χ2n) is 6.10. The van der Waals surface area contributed by atoms with Crippen LogP contribution in [0.15, 0.2) is 35.1 Å². The molecule has 1 aliphatic rings. The summed E-state index contributed by atoms with van der Waals surface area (Å²) in [6, 6.07) is 10.2. The largest absolute Gasteiger partial charge is 0.368 e. The summed E-state index contributed by atoms with van der Waals surface area (Å²) in [5.74, 6) is 0.562. The van der Waals surface area contributed by atoms with Gasteiger partial charge in [0.2, 0.25) is 5.91 Å². The molecule has 0 spiro atoms. The molecule has 0 bridgehead atoms. The van der Waals surface area contributed by atoms with Crippen molar-refractivity contribution < 1.29 is 4.79 Å². The number of carbonyl (C=O) groups excluding carboxylic acids is 1. The van der Waals surface area contributed by atoms with Gasteiger partial charge in [-0.15, -0.1) is 0 Å². The van der Waals surface area contributed by atoms with E-state index in [1.54, 1.807) is 13.8 Å². The Labute approximate surface area is 141 Å². The first-order valence-electron chi connectivity index (χ1n) is 8.19. The molecule has 0 radical (unpaired) electrons. The van der Waals surface area contributed by atoms with Crippen LogP contribution in [-0.4, -0.2) is 47.0 Å². The van der Waals surface area contributed by atoms with E-state index >= 15 is 0 Å². The zero-order valence-corrected chi connectivity index (χ0v) is 14.1. The van der Waals surface area contributed by atoms with Crippen molar-refractivity contribution in [3.8, 4) is 0 Å². The van der Waals surface area contributed by atoms with Crippen LogP contribution in [0.25, 0.3) is 0 Å². The number of amides is 1. The molecular weight excluding hydrogens is 304 g/mol. The number of rotatable bonds is 3. The fourth-order valence-electron chi connectivity index (χ4n) is 3.08. The van der Waals surface area contributed by atoms with Gasteiger partial charge in [-0.25, -0.2) is 4.98 Å². The van der Waals surface area contributed by atoms with Gasteiger partial charge in [-0.3, -0.25) is 9.59 Å². The third-order valence-electron chi connectivity index (χ3n) is 4.42. The smallest absolute Gasteiger partial charge is 0.254 e. The quantitative estimate of drug-likeness (QED) is 0.922. The van der Waals surface area contributed by atoms with Crippen LogP contribution in [0.3, 0.4) is 0 Å². The van der Waals surface area contributed by atoms with Gasteiger partial charge in [0.25, 0.3) is 5.56 Å². The maximum absolute atomic E-state index is 12.5. The molecule has 1 amide bonds. The van der Waals surface area contributed by atoms with Gasteiger partial charge in [0.1, 0.15) is 5.82 Å². The number of nitrogens with one attached hydrogen (secondary N) is 1. The average Bonchev–Trinajstić information content (AvgIpc) is 2.59. The predicted molar refractivity (Wildman–Crippen MR) is 93.3 cm³/mol. The Kier molecular flexibility index (Phi) is 4.64. The van der Waals surface area contributed by atoms with Gasteiger partial charge < -0.3 is 14.8 Å². The first-order chi connectivity index (χ1) is 11.5. The molecule has 2 heterocycles. The highest BCUT2D eigenvalue weighted by Crippen LogP contribution is 2.16. The van der Waals surface area contributed by atoms with E-state index in [1.165, 1.54) is 5.69 Å². The van der Waals surface area contributed by atoms with Gasteiger partial charge in [-0.05, 0) is 26.0 Å². The molecule has 1 aromatic carbocycles. The second-order valence-corrected chi connectivity index (χ2v) is 6.10. The predicted octanol–water partition coefficient (Wildman–Crippen LogP) is 1.28. The molecule has 1 fully saturated rings. The van der Waals surface area contributed by atoms with Crippen molar-refractivity contribution in [1.29, 1.82) is 0 Å². The lowest BCUT2D eigenvalue weighted by molar-refractivity contribution is -0.130. The van der Waals surface area contributed by atoms with Gasteiger partial charge in [0.15, 0.2) is 0 Å². The molecule has 24 heavy (non-hydrogen) atoms. The van der Waals surface area contributed by atoms with Crippen LogP contribution in [0.2, 0.25) is 0 Å². The van der Waals surface area contributed by atoms with E-state index in [-0.39, 0.29) is 17.9 Å². The molecule has 2 aromatic rings. The summed E-state index contributed by atoms with van der Waals surface area (Å²) in [4.78, 5) is 35.6. The summed E-state index contributed by atoms with van der Waals surface area (Å²) < 4.78 is 0. The Morgan fingerprint density at radius 2 is 1.79 bits per heavy atom. The molecule has 0 atom stereocenters. The first kappa shape index (κ1) is 16.2. The van der Waals surface area contributed by atoms with E-state index in [1.807, 2.05) is 23.1 Å². The number of hydrogen-bond acceptors (Lipinski definition) is 4. The Morgan fingerprint density at radius 1 is 1.12 bits per heavy atom. The van der Waals surface area contributed by atoms with Crippen molar-refractivity contribution >= 4 is 11.6 Å². The Bertz CT molecular complexity index is 777. The van der Waals surface area contributed by atoms with Crippen molar-refractivity contribution in [3.63, 3.8) is 0 Å².